The highest BCUT2D eigenvalue weighted by Crippen LogP contribution is 2.38. The van der Waals surface area contributed by atoms with Gasteiger partial charge in [0.05, 0.1) is 6.04 Å². The molecule has 0 bridgehead atoms. The molecule has 10 aliphatic rings. The Morgan fingerprint density at radius 2 is 0.562 bits per heavy atom. The molecule has 7 amide bonds. The quantitative estimate of drug-likeness (QED) is 0.0538. The minimum Gasteiger partial charge on any atom is -0.447 e. The highest BCUT2D eigenvalue weighted by molar-refractivity contribution is 5.71. The van der Waals surface area contributed by atoms with Gasteiger partial charge < -0.3 is 112 Å². The number of ether oxygens (including phenoxy) is 11. The maximum absolute atomic E-state index is 14.7. The largest absolute Gasteiger partial charge is 0.447 e. The minimum atomic E-state index is -1.76. The summed E-state index contributed by atoms with van der Waals surface area (Å²) in [5.74, 6) is 0. The molecule has 544 valence electrons. The van der Waals surface area contributed by atoms with Crippen LogP contribution in [0, 0.1) is 0 Å². The van der Waals surface area contributed by atoms with Crippen LogP contribution in [-0.4, -0.2) is 190 Å². The summed E-state index contributed by atoms with van der Waals surface area (Å²) < 4.78 is 71.4. The Kier molecular flexibility index (Phi) is 28.3. The Morgan fingerprint density at radius 3 is 0.896 bits per heavy atom. The van der Waals surface area contributed by atoms with Gasteiger partial charge in [-0.25, -0.2) is 33.6 Å². The molecule has 0 aromatic rings. The highest BCUT2D eigenvalue weighted by atomic mass is 16.8. The summed E-state index contributed by atoms with van der Waals surface area (Å²) in [6.07, 6.45) is 5.05. The predicted octanol–water partition coefficient (Wildman–Crippen LogP) is 7.17. The van der Waals surface area contributed by atoms with Crippen molar-refractivity contribution < 1.29 is 85.7 Å². The topological polar surface area (TPSA) is 409 Å². The van der Waals surface area contributed by atoms with E-state index in [1.165, 1.54) is 0 Å². The normalized spacial score (nSPS) is 33.6. The lowest BCUT2D eigenvalue weighted by atomic mass is 9.84. The summed E-state index contributed by atoms with van der Waals surface area (Å²) in [4.78, 5) is 99.6. The summed E-state index contributed by atoms with van der Waals surface area (Å²) in [5.41, 5.74) is 28.2. The number of amides is 7. The molecule has 15 atom stereocenters. The van der Waals surface area contributed by atoms with Crippen molar-refractivity contribution in [2.45, 2.75) is 365 Å². The molecule has 0 aromatic carbocycles. The van der Waals surface area contributed by atoms with Crippen molar-refractivity contribution in [1.29, 1.82) is 0 Å². The van der Waals surface area contributed by atoms with Gasteiger partial charge in [-0.15, -0.1) is 0 Å². The molecule has 0 aromatic heterocycles. The second-order valence-corrected chi connectivity index (χ2v) is 28.8. The van der Waals surface area contributed by atoms with Gasteiger partial charge in [-0.1, -0.05) is 135 Å². The molecule has 29 heteroatoms. The van der Waals surface area contributed by atoms with Gasteiger partial charge in [-0.3, -0.25) is 0 Å². The van der Waals surface area contributed by atoms with Crippen LogP contribution in [0.3, 0.4) is 0 Å². The van der Waals surface area contributed by atoms with Crippen LogP contribution in [0.25, 0.3) is 0 Å². The average molecular weight is 1360 g/mol. The number of carbonyl (C=O) groups excluding carboxylic acids is 7. The fourth-order valence-electron chi connectivity index (χ4n) is 16.2. The van der Waals surface area contributed by atoms with Crippen molar-refractivity contribution in [1.82, 2.24) is 37.2 Å². The van der Waals surface area contributed by atoms with Crippen LogP contribution in [-0.2, 0) is 52.1 Å². The molecular formula is C67H113N11O18. The Balaban J connectivity index is 0.992. The van der Waals surface area contributed by atoms with E-state index in [9.17, 15) is 33.6 Å². The number of carbonyl (C=O) groups is 7. The van der Waals surface area contributed by atoms with E-state index in [0.717, 1.165) is 173 Å². The van der Waals surface area contributed by atoms with E-state index < -0.39 is 141 Å². The number of nitrogens with one attached hydrogen (secondary N) is 7. The molecule has 10 rings (SSSR count). The molecule has 2 aliphatic heterocycles. The van der Waals surface area contributed by atoms with Crippen LogP contribution in [0.2, 0.25) is 0 Å². The zero-order valence-corrected chi connectivity index (χ0v) is 56.2. The number of nitrogens with two attached hydrogens (primary N) is 4. The molecule has 0 spiro atoms. The number of hydrogen-bond donors (Lipinski definition) is 11. The van der Waals surface area contributed by atoms with Crippen molar-refractivity contribution in [2.75, 3.05) is 13.2 Å². The highest BCUT2D eigenvalue weighted by Gasteiger charge is 2.58. The molecule has 8 aliphatic carbocycles. The van der Waals surface area contributed by atoms with Crippen molar-refractivity contribution >= 4 is 42.7 Å². The summed E-state index contributed by atoms with van der Waals surface area (Å²) in [5, 5.41) is 20.8. The first kappa shape index (κ1) is 73.3. The van der Waals surface area contributed by atoms with Crippen molar-refractivity contribution in [2.24, 2.45) is 22.9 Å². The van der Waals surface area contributed by atoms with Gasteiger partial charge in [0.25, 0.3) is 0 Å². The fraction of sp³-hybridized carbons (Fsp3) is 0.896. The smallest absolute Gasteiger partial charge is 0.407 e. The van der Waals surface area contributed by atoms with E-state index in [4.69, 9.17) is 75.0 Å². The minimum absolute atomic E-state index is 0.107. The lowest BCUT2D eigenvalue weighted by Gasteiger charge is -2.50. The lowest BCUT2D eigenvalue weighted by Crippen LogP contribution is -2.70. The summed E-state index contributed by atoms with van der Waals surface area (Å²) >= 11 is 0. The van der Waals surface area contributed by atoms with E-state index in [2.05, 4.69) is 37.2 Å². The molecule has 29 nitrogen and oxygen atoms in total. The SMILES string of the molecule is NC[C@H]1O[C@H](O[C@H]2[C@H](OC(=O)NC3CCCCC3)[C@@H](O[C@H]3O[C@H](COC(=O)NC4CCCCC4)[C@@H](OC(=O)NC4CCCCC4)[C@H](N)[C@H]3OC(=O)NC3CCCCC3)[C@H](N)C[C@@H]2N)[C@H](OC(=O)NC2CCCCC2)[C@@H](OC(=O)NC2CCCCC2)[C@@H]1OC(=O)NC1CCCCC1. The van der Waals surface area contributed by atoms with Crippen LogP contribution >= 0.6 is 0 Å². The zero-order valence-electron chi connectivity index (χ0n) is 56.2. The monoisotopic (exact) mass is 1360 g/mol. The van der Waals surface area contributed by atoms with E-state index in [0.29, 0.717) is 51.4 Å². The molecule has 0 unspecified atom stereocenters. The molecule has 2 heterocycles. The fourth-order valence-corrected chi connectivity index (χ4v) is 16.2. The summed E-state index contributed by atoms with van der Waals surface area (Å²) in [7, 11) is 0. The van der Waals surface area contributed by atoms with Crippen LogP contribution in [0.1, 0.15) is 231 Å². The molecule has 10 fully saturated rings. The molecule has 96 heavy (non-hydrogen) atoms. The number of rotatable bonds is 20. The van der Waals surface area contributed by atoms with Gasteiger partial charge in [0.2, 0.25) is 0 Å². The van der Waals surface area contributed by atoms with Crippen LogP contribution < -0.4 is 60.2 Å². The first-order valence-electron chi connectivity index (χ1n) is 37.0. The van der Waals surface area contributed by atoms with Gasteiger partial charge in [0, 0.05) is 60.9 Å². The first-order valence-corrected chi connectivity index (χ1v) is 37.0. The van der Waals surface area contributed by atoms with Gasteiger partial charge in [-0.05, 0) is 96.3 Å². The maximum atomic E-state index is 14.7. The van der Waals surface area contributed by atoms with Crippen LogP contribution in [0.5, 0.6) is 0 Å². The number of alkyl carbamates (subject to hydrolysis) is 7. The summed E-state index contributed by atoms with van der Waals surface area (Å²) in [6, 6.07) is -5.13. The third-order valence-electron chi connectivity index (χ3n) is 21.5. The Bertz CT molecular complexity index is 2450. The van der Waals surface area contributed by atoms with Gasteiger partial charge in [0.1, 0.15) is 31.0 Å². The third-order valence-corrected chi connectivity index (χ3v) is 21.5. The molecule has 0 radical (unpaired) electrons. The van der Waals surface area contributed by atoms with Crippen LogP contribution in [0.4, 0.5) is 33.6 Å². The van der Waals surface area contributed by atoms with Gasteiger partial charge in [0.15, 0.2) is 49.2 Å². The lowest BCUT2D eigenvalue weighted by molar-refractivity contribution is -0.329. The van der Waals surface area contributed by atoms with E-state index >= 15 is 0 Å². The molecular weight excluding hydrogens is 1250 g/mol. The Hall–Kier alpha value is -5.43. The Morgan fingerprint density at radius 1 is 0.302 bits per heavy atom. The maximum Gasteiger partial charge on any atom is 0.407 e. The summed E-state index contributed by atoms with van der Waals surface area (Å²) in [6.45, 7) is -0.851. The second kappa shape index (κ2) is 37.1. The molecule has 8 saturated carbocycles. The average Bonchev–Trinajstić information content (AvgIpc) is 0.772. The molecule has 2 saturated heterocycles. The zero-order chi connectivity index (χ0) is 67.3. The third kappa shape index (κ3) is 21.5. The number of hydrogen-bond acceptors (Lipinski definition) is 22. The van der Waals surface area contributed by atoms with E-state index in [1.54, 1.807) is 0 Å². The van der Waals surface area contributed by atoms with E-state index in [1.807, 2.05) is 0 Å². The van der Waals surface area contributed by atoms with Gasteiger partial charge >= 0.3 is 42.7 Å². The molecule has 15 N–H and O–H groups in total. The Labute approximate surface area is 564 Å². The second-order valence-electron chi connectivity index (χ2n) is 28.8. The van der Waals surface area contributed by atoms with Crippen molar-refractivity contribution in [3.8, 4) is 0 Å². The van der Waals surface area contributed by atoms with Crippen LogP contribution in [0.15, 0.2) is 0 Å². The van der Waals surface area contributed by atoms with Gasteiger partial charge in [-0.2, -0.15) is 0 Å². The predicted molar refractivity (Wildman–Crippen MR) is 348 cm³/mol. The first-order chi connectivity index (χ1) is 46.6. The van der Waals surface area contributed by atoms with Crippen molar-refractivity contribution in [3.63, 3.8) is 0 Å². The van der Waals surface area contributed by atoms with E-state index in [-0.39, 0.29) is 55.3 Å². The van der Waals surface area contributed by atoms with Crippen molar-refractivity contribution in [3.05, 3.63) is 0 Å². The standard InChI is InChI=1S/C67H113N11O18/c68-37-48-54(92-63(81)74-41-26-12-3-13-27-41)57(95-66(84)77-44-32-18-6-19-33-44)58(96-67(85)78-45-34-20-7-21-35-45)60(87-48)90-52-47(70)36-46(69)51(56(52)94-65(83)76-43-30-16-5-17-31-43)89-59-55(93-64(82)75-42-28-14-4-15-29-42)50(71)53(91-62(80)73-40-24-10-2-11-25-40)49(88-59)38-86-61(79)72-39-22-8-1-9-23-39/h39-60H,1-38,68-71H2,(H,72,79)(H,73,80)(H,74,81)(H,75,82)(H,76,83)(H,77,84)(H,78,85)/t46-,47+,48-,49-,50+,51+,52-,53-,54-,55-,56-,57+,58-,59-,60-/m1/s1.